The number of nitrogens with zero attached hydrogens (tertiary/aromatic N) is 1. The van der Waals surface area contributed by atoms with Crippen LogP contribution >= 0.6 is 0 Å². The number of carbonyl (C=O) groups is 2. The first-order chi connectivity index (χ1) is 10.1. The van der Waals surface area contributed by atoms with Gasteiger partial charge in [0.2, 0.25) is 11.8 Å². The predicted molar refractivity (Wildman–Crippen MR) is 80.6 cm³/mol. The molecule has 0 spiro atoms. The minimum atomic E-state index is -0.122. The molecule has 1 aliphatic carbocycles. The smallest absolute Gasteiger partial charge is 0.224 e. The Bertz CT molecular complexity index is 378. The van der Waals surface area contributed by atoms with Gasteiger partial charge in [-0.3, -0.25) is 9.59 Å². The zero-order valence-electron chi connectivity index (χ0n) is 13.1. The van der Waals surface area contributed by atoms with Gasteiger partial charge >= 0.3 is 0 Å². The number of nitrogens with one attached hydrogen (secondary N) is 1. The van der Waals surface area contributed by atoms with Crippen LogP contribution in [0.15, 0.2) is 0 Å². The van der Waals surface area contributed by atoms with E-state index in [1.165, 1.54) is 6.42 Å². The predicted octanol–water partition coefficient (Wildman–Crippen LogP) is 1.30. The normalized spacial score (nSPS) is 25.4. The second-order valence-corrected chi connectivity index (χ2v) is 6.74. The molecule has 0 aromatic carbocycles. The van der Waals surface area contributed by atoms with Gasteiger partial charge in [0.15, 0.2) is 0 Å². The fourth-order valence-electron chi connectivity index (χ4n) is 3.59. The van der Waals surface area contributed by atoms with Crippen LogP contribution in [0.2, 0.25) is 0 Å². The zero-order valence-corrected chi connectivity index (χ0v) is 13.1. The van der Waals surface area contributed by atoms with E-state index in [9.17, 15) is 14.7 Å². The Hall–Kier alpha value is -1.10. The Morgan fingerprint density at radius 3 is 2.57 bits per heavy atom. The van der Waals surface area contributed by atoms with Gasteiger partial charge < -0.3 is 15.3 Å². The molecule has 2 amide bonds. The highest BCUT2D eigenvalue weighted by Gasteiger charge is 2.33. The zero-order chi connectivity index (χ0) is 15.3. The molecule has 21 heavy (non-hydrogen) atoms. The minimum Gasteiger partial charge on any atom is -0.396 e. The van der Waals surface area contributed by atoms with Crippen molar-refractivity contribution in [2.45, 2.75) is 51.9 Å². The lowest BCUT2D eigenvalue weighted by Crippen LogP contribution is -2.48. The Balaban J connectivity index is 1.84. The molecule has 120 valence electrons. The molecule has 1 heterocycles. The molecule has 0 bridgehead atoms. The number of hydrogen-bond acceptors (Lipinski definition) is 3. The Morgan fingerprint density at radius 2 is 1.95 bits per heavy atom. The number of likely N-dealkylation sites (tertiary alicyclic amines) is 1. The largest absolute Gasteiger partial charge is 0.396 e. The van der Waals surface area contributed by atoms with E-state index in [0.29, 0.717) is 13.1 Å². The Morgan fingerprint density at radius 1 is 1.24 bits per heavy atom. The van der Waals surface area contributed by atoms with E-state index in [1.54, 1.807) is 11.8 Å². The lowest BCUT2D eigenvalue weighted by molar-refractivity contribution is -0.134. The van der Waals surface area contributed by atoms with Crippen molar-refractivity contribution in [2.75, 3.05) is 26.2 Å². The average Bonchev–Trinajstić information content (AvgIpc) is 2.53. The number of piperidine rings is 1. The summed E-state index contributed by atoms with van der Waals surface area (Å²) in [7, 11) is 0. The summed E-state index contributed by atoms with van der Waals surface area (Å²) in [6.07, 6.45) is 7.23. The first kappa shape index (κ1) is 16.3. The monoisotopic (exact) mass is 296 g/mol. The number of aliphatic hydroxyl groups excluding tert-OH is 1. The highest BCUT2D eigenvalue weighted by atomic mass is 16.3. The molecule has 5 heteroatoms. The third-order valence-corrected chi connectivity index (χ3v) is 5.12. The van der Waals surface area contributed by atoms with Crippen molar-refractivity contribution >= 4 is 11.8 Å². The van der Waals surface area contributed by atoms with Crippen LogP contribution in [0.3, 0.4) is 0 Å². The molecule has 1 saturated carbocycles. The molecule has 0 aromatic heterocycles. The maximum absolute atomic E-state index is 12.3. The fraction of sp³-hybridized carbons (Fsp3) is 0.875. The summed E-state index contributed by atoms with van der Waals surface area (Å²) < 4.78 is 0. The molecule has 2 rings (SSSR count). The van der Waals surface area contributed by atoms with Crippen molar-refractivity contribution in [3.05, 3.63) is 0 Å². The number of hydrogen-bond donors (Lipinski definition) is 2. The van der Waals surface area contributed by atoms with E-state index in [4.69, 9.17) is 0 Å². The molecule has 1 aliphatic heterocycles. The van der Waals surface area contributed by atoms with Crippen LogP contribution in [0.1, 0.15) is 51.9 Å². The van der Waals surface area contributed by atoms with Crippen LogP contribution < -0.4 is 5.32 Å². The highest BCUT2D eigenvalue weighted by Crippen LogP contribution is 2.35. The summed E-state index contributed by atoms with van der Waals surface area (Å²) in [4.78, 5) is 25.5. The van der Waals surface area contributed by atoms with Gasteiger partial charge in [0.1, 0.15) is 0 Å². The van der Waals surface area contributed by atoms with Crippen LogP contribution in [-0.2, 0) is 9.59 Å². The minimum absolute atomic E-state index is 0.0411. The van der Waals surface area contributed by atoms with Gasteiger partial charge in [0, 0.05) is 32.0 Å². The van der Waals surface area contributed by atoms with Gasteiger partial charge in [-0.2, -0.15) is 0 Å². The van der Waals surface area contributed by atoms with Crippen LogP contribution in [0.25, 0.3) is 0 Å². The molecule has 2 N–H and O–H groups in total. The average molecular weight is 296 g/mol. The molecule has 5 nitrogen and oxygen atoms in total. The van der Waals surface area contributed by atoms with Gasteiger partial charge in [-0.25, -0.2) is 0 Å². The lowest BCUT2D eigenvalue weighted by atomic mass is 9.74. The summed E-state index contributed by atoms with van der Waals surface area (Å²) in [5, 5.41) is 12.7. The lowest BCUT2D eigenvalue weighted by Gasteiger charge is -2.37. The molecule has 0 radical (unpaired) electrons. The number of rotatable bonds is 4. The SMILES string of the molecule is CC(=O)N1CCCC(C(=O)NCC2(CO)CCCCC2)C1. The summed E-state index contributed by atoms with van der Waals surface area (Å²) in [5.41, 5.74) is -0.122. The van der Waals surface area contributed by atoms with Crippen molar-refractivity contribution in [3.8, 4) is 0 Å². The van der Waals surface area contributed by atoms with E-state index in [0.717, 1.165) is 45.1 Å². The standard InChI is InChI=1S/C16H28N2O3/c1-13(20)18-9-5-6-14(10-18)15(21)17-11-16(12-19)7-3-2-4-8-16/h14,19H,2-12H2,1H3,(H,17,21). The summed E-state index contributed by atoms with van der Waals surface area (Å²) >= 11 is 0. The Labute approximate surface area is 127 Å². The third kappa shape index (κ3) is 4.19. The second-order valence-electron chi connectivity index (χ2n) is 6.74. The van der Waals surface area contributed by atoms with Crippen molar-refractivity contribution in [1.29, 1.82) is 0 Å². The van der Waals surface area contributed by atoms with Gasteiger partial charge in [0.05, 0.1) is 12.5 Å². The number of carbonyl (C=O) groups excluding carboxylic acids is 2. The highest BCUT2D eigenvalue weighted by molar-refractivity contribution is 5.80. The number of amides is 2. The topological polar surface area (TPSA) is 69.6 Å². The third-order valence-electron chi connectivity index (χ3n) is 5.12. The molecular formula is C16H28N2O3. The summed E-state index contributed by atoms with van der Waals surface area (Å²) in [6.45, 7) is 3.58. The van der Waals surface area contributed by atoms with Crippen molar-refractivity contribution in [1.82, 2.24) is 10.2 Å². The van der Waals surface area contributed by atoms with Crippen LogP contribution in [-0.4, -0.2) is 48.1 Å². The summed E-state index contributed by atoms with van der Waals surface area (Å²) in [5.74, 6) is -0.00654. The van der Waals surface area contributed by atoms with Gasteiger partial charge in [0.25, 0.3) is 0 Å². The van der Waals surface area contributed by atoms with Crippen molar-refractivity contribution in [3.63, 3.8) is 0 Å². The fourth-order valence-corrected chi connectivity index (χ4v) is 3.59. The van der Waals surface area contributed by atoms with E-state index in [1.807, 2.05) is 0 Å². The summed E-state index contributed by atoms with van der Waals surface area (Å²) in [6, 6.07) is 0. The second kappa shape index (κ2) is 7.25. The molecule has 0 aromatic rings. The van der Waals surface area contributed by atoms with E-state index < -0.39 is 0 Å². The van der Waals surface area contributed by atoms with Crippen LogP contribution in [0.4, 0.5) is 0 Å². The van der Waals surface area contributed by atoms with Crippen LogP contribution in [0, 0.1) is 11.3 Å². The first-order valence-electron chi connectivity index (χ1n) is 8.20. The van der Waals surface area contributed by atoms with Crippen LogP contribution in [0.5, 0.6) is 0 Å². The van der Waals surface area contributed by atoms with Gasteiger partial charge in [-0.15, -0.1) is 0 Å². The number of aliphatic hydroxyl groups is 1. The van der Waals surface area contributed by atoms with Gasteiger partial charge in [-0.1, -0.05) is 19.3 Å². The molecule has 2 fully saturated rings. The molecular weight excluding hydrogens is 268 g/mol. The van der Waals surface area contributed by atoms with Crippen molar-refractivity contribution < 1.29 is 14.7 Å². The van der Waals surface area contributed by atoms with Gasteiger partial charge in [-0.05, 0) is 25.7 Å². The Kier molecular flexibility index (Phi) is 5.62. The maximum atomic E-state index is 12.3. The van der Waals surface area contributed by atoms with E-state index >= 15 is 0 Å². The molecule has 1 saturated heterocycles. The van der Waals surface area contributed by atoms with E-state index in [-0.39, 0.29) is 29.8 Å². The molecule has 1 atom stereocenters. The molecule has 2 aliphatic rings. The first-order valence-corrected chi connectivity index (χ1v) is 8.20. The van der Waals surface area contributed by atoms with Crippen molar-refractivity contribution in [2.24, 2.45) is 11.3 Å². The molecule has 1 unspecified atom stereocenters. The quantitative estimate of drug-likeness (QED) is 0.821. The van der Waals surface area contributed by atoms with E-state index in [2.05, 4.69) is 5.32 Å². The maximum Gasteiger partial charge on any atom is 0.224 e.